The SMILES string of the molecule is O=C(O)CCc1ccccc1NC(=O)CC1CCNC1. The number of nitrogens with one attached hydrogen (secondary N) is 2. The van der Waals surface area contributed by atoms with Gasteiger partial charge in [-0.25, -0.2) is 0 Å². The molecule has 1 heterocycles. The number of aryl methyl sites for hydroxylation is 1. The summed E-state index contributed by atoms with van der Waals surface area (Å²) in [6.45, 7) is 1.88. The van der Waals surface area contributed by atoms with E-state index in [1.807, 2.05) is 24.3 Å². The lowest BCUT2D eigenvalue weighted by molar-refractivity contribution is -0.136. The fourth-order valence-electron chi connectivity index (χ4n) is 2.45. The first-order valence-corrected chi connectivity index (χ1v) is 6.95. The lowest BCUT2D eigenvalue weighted by Gasteiger charge is -2.12. The zero-order chi connectivity index (χ0) is 14.4. The summed E-state index contributed by atoms with van der Waals surface area (Å²) < 4.78 is 0. The minimum absolute atomic E-state index is 0.00137. The van der Waals surface area contributed by atoms with Gasteiger partial charge < -0.3 is 15.7 Å². The molecule has 1 amide bonds. The van der Waals surface area contributed by atoms with E-state index in [-0.39, 0.29) is 12.3 Å². The Kier molecular flexibility index (Phi) is 5.12. The number of aliphatic carboxylic acids is 1. The number of anilines is 1. The van der Waals surface area contributed by atoms with Gasteiger partial charge in [0.05, 0.1) is 0 Å². The molecule has 2 rings (SSSR count). The maximum atomic E-state index is 12.0. The van der Waals surface area contributed by atoms with Gasteiger partial charge in [0, 0.05) is 18.5 Å². The van der Waals surface area contributed by atoms with Gasteiger partial charge >= 0.3 is 5.97 Å². The maximum Gasteiger partial charge on any atom is 0.303 e. The van der Waals surface area contributed by atoms with Crippen molar-refractivity contribution in [3.63, 3.8) is 0 Å². The second-order valence-electron chi connectivity index (χ2n) is 5.16. The highest BCUT2D eigenvalue weighted by molar-refractivity contribution is 5.91. The summed E-state index contributed by atoms with van der Waals surface area (Å²) in [4.78, 5) is 22.6. The maximum absolute atomic E-state index is 12.0. The Morgan fingerprint density at radius 3 is 2.85 bits per heavy atom. The van der Waals surface area contributed by atoms with Gasteiger partial charge in [-0.15, -0.1) is 0 Å². The average molecular weight is 276 g/mol. The summed E-state index contributed by atoms with van der Waals surface area (Å²) in [6.07, 6.45) is 2.05. The zero-order valence-electron chi connectivity index (χ0n) is 11.4. The molecule has 1 saturated heterocycles. The molecule has 1 aliphatic rings. The quantitative estimate of drug-likeness (QED) is 0.738. The first-order valence-electron chi connectivity index (χ1n) is 6.95. The zero-order valence-corrected chi connectivity index (χ0v) is 11.4. The highest BCUT2D eigenvalue weighted by Gasteiger charge is 2.18. The van der Waals surface area contributed by atoms with Crippen molar-refractivity contribution in [3.05, 3.63) is 29.8 Å². The van der Waals surface area contributed by atoms with E-state index in [1.165, 1.54) is 0 Å². The van der Waals surface area contributed by atoms with Gasteiger partial charge in [-0.1, -0.05) is 18.2 Å². The lowest BCUT2D eigenvalue weighted by atomic mass is 10.0. The molecule has 20 heavy (non-hydrogen) atoms. The Morgan fingerprint density at radius 1 is 1.35 bits per heavy atom. The summed E-state index contributed by atoms with van der Waals surface area (Å²) in [6, 6.07) is 7.38. The third kappa shape index (κ3) is 4.35. The Balaban J connectivity index is 1.93. The first kappa shape index (κ1) is 14.5. The van der Waals surface area contributed by atoms with Crippen LogP contribution in [0.3, 0.4) is 0 Å². The Bertz CT molecular complexity index is 482. The standard InChI is InChI=1S/C15H20N2O3/c18-14(9-11-7-8-16-10-11)17-13-4-2-1-3-12(13)5-6-15(19)20/h1-4,11,16H,5-10H2,(H,17,18)(H,19,20). The molecule has 1 aromatic rings. The molecule has 0 radical (unpaired) electrons. The smallest absolute Gasteiger partial charge is 0.303 e. The van der Waals surface area contributed by atoms with Crippen LogP contribution in [-0.2, 0) is 16.0 Å². The van der Waals surface area contributed by atoms with Gasteiger partial charge in [-0.05, 0) is 43.5 Å². The van der Waals surface area contributed by atoms with E-state index in [2.05, 4.69) is 10.6 Å². The normalized spacial score (nSPS) is 17.9. The van der Waals surface area contributed by atoms with E-state index in [1.54, 1.807) is 0 Å². The van der Waals surface area contributed by atoms with Crippen LogP contribution in [0, 0.1) is 5.92 Å². The van der Waals surface area contributed by atoms with Crippen LogP contribution in [0.5, 0.6) is 0 Å². The molecule has 3 N–H and O–H groups in total. The number of carboxylic acid groups (broad SMARTS) is 1. The van der Waals surface area contributed by atoms with Gasteiger partial charge in [0.15, 0.2) is 0 Å². The molecule has 5 heteroatoms. The van der Waals surface area contributed by atoms with Crippen molar-refractivity contribution >= 4 is 17.6 Å². The fraction of sp³-hybridized carbons (Fsp3) is 0.467. The summed E-state index contributed by atoms with van der Waals surface area (Å²) >= 11 is 0. The molecule has 1 aromatic carbocycles. The molecule has 108 valence electrons. The number of carboxylic acids is 1. The van der Waals surface area contributed by atoms with Crippen molar-refractivity contribution in [2.24, 2.45) is 5.92 Å². The molecule has 0 spiro atoms. The molecular formula is C15H20N2O3. The van der Waals surface area contributed by atoms with E-state index in [4.69, 9.17) is 5.11 Å². The molecule has 0 saturated carbocycles. The summed E-state index contributed by atoms with van der Waals surface area (Å²) in [5.41, 5.74) is 1.59. The number of amides is 1. The van der Waals surface area contributed by atoms with E-state index in [0.29, 0.717) is 18.8 Å². The predicted molar refractivity (Wildman–Crippen MR) is 76.6 cm³/mol. The van der Waals surface area contributed by atoms with Crippen molar-refractivity contribution in [1.82, 2.24) is 5.32 Å². The van der Waals surface area contributed by atoms with Crippen molar-refractivity contribution in [1.29, 1.82) is 0 Å². The molecule has 0 bridgehead atoms. The average Bonchev–Trinajstić information content (AvgIpc) is 2.90. The van der Waals surface area contributed by atoms with Crippen molar-refractivity contribution in [3.8, 4) is 0 Å². The molecule has 1 atom stereocenters. The number of benzene rings is 1. The minimum atomic E-state index is -0.830. The van der Waals surface area contributed by atoms with Crippen LogP contribution in [0.4, 0.5) is 5.69 Å². The third-order valence-corrected chi connectivity index (χ3v) is 3.54. The highest BCUT2D eigenvalue weighted by Crippen LogP contribution is 2.19. The number of rotatable bonds is 6. The molecular weight excluding hydrogens is 256 g/mol. The van der Waals surface area contributed by atoms with E-state index in [0.717, 1.165) is 30.8 Å². The van der Waals surface area contributed by atoms with Crippen LogP contribution in [-0.4, -0.2) is 30.1 Å². The molecule has 1 fully saturated rings. The van der Waals surface area contributed by atoms with Crippen LogP contribution >= 0.6 is 0 Å². The Morgan fingerprint density at radius 2 is 2.15 bits per heavy atom. The fourth-order valence-corrected chi connectivity index (χ4v) is 2.45. The number of hydrogen-bond donors (Lipinski definition) is 3. The number of carbonyl (C=O) groups excluding carboxylic acids is 1. The van der Waals surface area contributed by atoms with Gasteiger partial charge in [0.1, 0.15) is 0 Å². The third-order valence-electron chi connectivity index (χ3n) is 3.54. The van der Waals surface area contributed by atoms with Crippen LogP contribution in [0.1, 0.15) is 24.8 Å². The van der Waals surface area contributed by atoms with Crippen molar-refractivity contribution < 1.29 is 14.7 Å². The number of carbonyl (C=O) groups is 2. The number of para-hydroxylation sites is 1. The predicted octanol–water partition coefficient (Wildman–Crippen LogP) is 1.64. The monoisotopic (exact) mass is 276 g/mol. The van der Waals surface area contributed by atoms with Crippen LogP contribution < -0.4 is 10.6 Å². The second kappa shape index (κ2) is 7.05. The minimum Gasteiger partial charge on any atom is -0.481 e. The topological polar surface area (TPSA) is 78.4 Å². The Hall–Kier alpha value is -1.88. The van der Waals surface area contributed by atoms with Crippen LogP contribution in [0.15, 0.2) is 24.3 Å². The first-order chi connectivity index (χ1) is 9.65. The second-order valence-corrected chi connectivity index (χ2v) is 5.16. The lowest BCUT2D eigenvalue weighted by Crippen LogP contribution is -2.19. The van der Waals surface area contributed by atoms with Gasteiger partial charge in [-0.2, -0.15) is 0 Å². The van der Waals surface area contributed by atoms with Gasteiger partial charge in [0.2, 0.25) is 5.91 Å². The molecule has 0 aromatic heterocycles. The van der Waals surface area contributed by atoms with E-state index >= 15 is 0 Å². The summed E-state index contributed by atoms with van der Waals surface area (Å²) in [5, 5.41) is 14.9. The van der Waals surface area contributed by atoms with Crippen LogP contribution in [0.25, 0.3) is 0 Å². The van der Waals surface area contributed by atoms with E-state index < -0.39 is 5.97 Å². The van der Waals surface area contributed by atoms with Gasteiger partial charge in [0.25, 0.3) is 0 Å². The molecule has 1 aliphatic heterocycles. The largest absolute Gasteiger partial charge is 0.481 e. The molecule has 1 unspecified atom stereocenters. The Labute approximate surface area is 118 Å². The summed E-state index contributed by atoms with van der Waals surface area (Å²) in [7, 11) is 0. The van der Waals surface area contributed by atoms with E-state index in [9.17, 15) is 9.59 Å². The van der Waals surface area contributed by atoms with Crippen molar-refractivity contribution in [2.75, 3.05) is 18.4 Å². The molecule has 5 nitrogen and oxygen atoms in total. The molecule has 0 aliphatic carbocycles. The van der Waals surface area contributed by atoms with Gasteiger partial charge in [-0.3, -0.25) is 9.59 Å². The number of hydrogen-bond acceptors (Lipinski definition) is 3. The van der Waals surface area contributed by atoms with Crippen LogP contribution in [0.2, 0.25) is 0 Å². The van der Waals surface area contributed by atoms with Crippen molar-refractivity contribution in [2.45, 2.75) is 25.7 Å². The highest BCUT2D eigenvalue weighted by atomic mass is 16.4. The summed E-state index contributed by atoms with van der Waals surface area (Å²) in [5.74, 6) is -0.425.